The molecule has 1 heterocycles. The molecule has 0 saturated heterocycles. The van der Waals surface area contributed by atoms with Crippen molar-refractivity contribution in [1.82, 2.24) is 15.6 Å². The van der Waals surface area contributed by atoms with Gasteiger partial charge in [0.1, 0.15) is 10.0 Å². The number of hydrogen-bond acceptors (Lipinski definition) is 10. The minimum absolute atomic E-state index is 0.0792. The zero-order valence-corrected chi connectivity index (χ0v) is 17.9. The number of carbonyl (C=O) groups excluding carboxylic acids is 2. The van der Waals surface area contributed by atoms with Gasteiger partial charge in [0.2, 0.25) is 11.0 Å². The van der Waals surface area contributed by atoms with Crippen LogP contribution >= 0.6 is 22.9 Å². The predicted octanol–water partition coefficient (Wildman–Crippen LogP) is 2.95. The average Bonchev–Trinajstić information content (AvgIpc) is 3.20. The summed E-state index contributed by atoms with van der Waals surface area (Å²) in [5, 5.41) is 35.6. The number of benzene rings is 2. The third-order valence-corrected chi connectivity index (χ3v) is 5.03. The van der Waals surface area contributed by atoms with E-state index < -0.39 is 21.7 Å². The maximum absolute atomic E-state index is 12.3. The number of amides is 2. The molecule has 3 aromatic rings. The van der Waals surface area contributed by atoms with E-state index in [0.29, 0.717) is 5.56 Å². The van der Waals surface area contributed by atoms with Crippen LogP contribution in [0.2, 0.25) is 5.02 Å². The Labute approximate surface area is 193 Å². The van der Waals surface area contributed by atoms with Crippen LogP contribution in [0.1, 0.15) is 20.9 Å². The summed E-state index contributed by atoms with van der Waals surface area (Å²) < 4.78 is 0. The maximum Gasteiger partial charge on any atom is 0.287 e. The van der Waals surface area contributed by atoms with Crippen LogP contribution in [-0.4, -0.2) is 38.1 Å². The molecule has 2 amide bonds. The third-order valence-electron chi connectivity index (χ3n) is 3.89. The van der Waals surface area contributed by atoms with E-state index in [1.807, 2.05) is 0 Å². The Morgan fingerprint density at radius 1 is 1.12 bits per heavy atom. The molecular formula is C18H12ClN7O6S. The summed E-state index contributed by atoms with van der Waals surface area (Å²) in [7, 11) is 0. The molecule has 0 spiro atoms. The van der Waals surface area contributed by atoms with Gasteiger partial charge in [-0.15, -0.1) is 10.2 Å². The lowest BCUT2D eigenvalue weighted by molar-refractivity contribution is -0.385. The molecule has 33 heavy (non-hydrogen) atoms. The molecule has 2 aromatic carbocycles. The van der Waals surface area contributed by atoms with E-state index in [4.69, 9.17) is 11.6 Å². The number of nitrogens with one attached hydrogen (secondary N) is 2. The van der Waals surface area contributed by atoms with Crippen molar-refractivity contribution in [2.24, 2.45) is 5.10 Å². The fraction of sp³-hybridized carbons (Fsp3) is 0.0556. The quantitative estimate of drug-likeness (QED) is 0.275. The highest BCUT2D eigenvalue weighted by Crippen LogP contribution is 2.25. The van der Waals surface area contributed by atoms with E-state index >= 15 is 0 Å². The monoisotopic (exact) mass is 489 g/mol. The number of hydrazone groups is 1. The van der Waals surface area contributed by atoms with Gasteiger partial charge in [0.05, 0.1) is 22.5 Å². The van der Waals surface area contributed by atoms with E-state index in [-0.39, 0.29) is 38.5 Å². The maximum atomic E-state index is 12.3. The molecule has 0 bridgehead atoms. The van der Waals surface area contributed by atoms with Crippen LogP contribution < -0.4 is 10.7 Å². The number of nitro groups is 2. The summed E-state index contributed by atoms with van der Waals surface area (Å²) in [4.78, 5) is 44.6. The van der Waals surface area contributed by atoms with Gasteiger partial charge in [-0.05, 0) is 12.1 Å². The normalized spacial score (nSPS) is 10.7. The first-order valence-electron chi connectivity index (χ1n) is 8.87. The first kappa shape index (κ1) is 23.4. The lowest BCUT2D eigenvalue weighted by Crippen LogP contribution is -2.19. The molecule has 0 aliphatic heterocycles. The molecule has 0 radical (unpaired) electrons. The van der Waals surface area contributed by atoms with Gasteiger partial charge in [-0.1, -0.05) is 35.1 Å². The fourth-order valence-corrected chi connectivity index (χ4v) is 3.40. The molecule has 3 rings (SSSR count). The number of aromatic nitrogens is 2. The fourth-order valence-electron chi connectivity index (χ4n) is 2.42. The molecule has 0 fully saturated rings. The minimum atomic E-state index is -0.667. The topological polar surface area (TPSA) is 183 Å². The van der Waals surface area contributed by atoms with Crippen molar-refractivity contribution >= 4 is 57.5 Å². The standard InChI is InChI=1S/C18H12ClN7O6S/c19-13-7-11(4-5-14(13)26(31)32)17(28)21-18-24-23-16(33-18)8-15(27)22-20-9-10-2-1-3-12(6-10)25(29)30/h1-7,9H,8H2,(H,22,27)(H,21,24,28)/b20-9-. The van der Waals surface area contributed by atoms with Crippen LogP contribution in [0.5, 0.6) is 0 Å². The number of non-ortho nitro benzene ring substituents is 1. The van der Waals surface area contributed by atoms with Gasteiger partial charge < -0.3 is 0 Å². The number of anilines is 1. The van der Waals surface area contributed by atoms with Crippen LogP contribution in [0.4, 0.5) is 16.5 Å². The average molecular weight is 490 g/mol. The van der Waals surface area contributed by atoms with Crippen molar-refractivity contribution in [2.75, 3.05) is 5.32 Å². The molecule has 15 heteroatoms. The second kappa shape index (κ2) is 10.3. The number of rotatable bonds is 8. The summed E-state index contributed by atoms with van der Waals surface area (Å²) in [5.41, 5.74) is 2.34. The lowest BCUT2D eigenvalue weighted by Gasteiger charge is -2.02. The van der Waals surface area contributed by atoms with E-state index in [1.54, 1.807) is 6.07 Å². The molecule has 0 aliphatic carbocycles. The van der Waals surface area contributed by atoms with Crippen molar-refractivity contribution in [3.05, 3.63) is 83.9 Å². The Morgan fingerprint density at radius 3 is 2.61 bits per heavy atom. The van der Waals surface area contributed by atoms with Crippen molar-refractivity contribution in [3.63, 3.8) is 0 Å². The third kappa shape index (κ3) is 6.34. The molecule has 1 aromatic heterocycles. The molecule has 0 unspecified atom stereocenters. The van der Waals surface area contributed by atoms with E-state index in [9.17, 15) is 29.8 Å². The summed E-state index contributed by atoms with van der Waals surface area (Å²) in [5.74, 6) is -1.13. The van der Waals surface area contributed by atoms with Crippen molar-refractivity contribution in [2.45, 2.75) is 6.42 Å². The lowest BCUT2D eigenvalue weighted by atomic mass is 10.2. The Kier molecular flexibility index (Phi) is 7.32. The van der Waals surface area contributed by atoms with Crippen molar-refractivity contribution in [1.29, 1.82) is 0 Å². The molecule has 0 aliphatic rings. The van der Waals surface area contributed by atoms with Crippen LogP contribution in [0, 0.1) is 20.2 Å². The number of nitro benzene ring substituents is 2. The summed E-state index contributed by atoms with van der Waals surface area (Å²) in [6, 6.07) is 9.22. The van der Waals surface area contributed by atoms with Gasteiger partial charge in [-0.2, -0.15) is 5.10 Å². The van der Waals surface area contributed by atoms with E-state index in [1.165, 1.54) is 30.5 Å². The Balaban J connectivity index is 1.55. The van der Waals surface area contributed by atoms with Gasteiger partial charge in [0.25, 0.3) is 17.3 Å². The summed E-state index contributed by atoms with van der Waals surface area (Å²) >= 11 is 6.75. The second-order valence-electron chi connectivity index (χ2n) is 6.20. The highest BCUT2D eigenvalue weighted by atomic mass is 35.5. The Bertz CT molecular complexity index is 1280. The molecule has 0 saturated carbocycles. The zero-order valence-electron chi connectivity index (χ0n) is 16.3. The molecule has 168 valence electrons. The number of carbonyl (C=O) groups is 2. The van der Waals surface area contributed by atoms with Gasteiger partial charge >= 0.3 is 0 Å². The van der Waals surface area contributed by atoms with Crippen molar-refractivity contribution < 1.29 is 19.4 Å². The Morgan fingerprint density at radius 2 is 1.91 bits per heavy atom. The van der Waals surface area contributed by atoms with Crippen LogP contribution in [-0.2, 0) is 11.2 Å². The van der Waals surface area contributed by atoms with E-state index in [0.717, 1.165) is 23.5 Å². The summed E-state index contributed by atoms with van der Waals surface area (Å²) in [6.45, 7) is 0. The highest BCUT2D eigenvalue weighted by molar-refractivity contribution is 7.15. The van der Waals surface area contributed by atoms with Gasteiger partial charge in [-0.25, -0.2) is 5.43 Å². The first-order chi connectivity index (χ1) is 15.7. The first-order valence-corrected chi connectivity index (χ1v) is 10.1. The summed E-state index contributed by atoms with van der Waals surface area (Å²) in [6.07, 6.45) is 1.08. The van der Waals surface area contributed by atoms with Gasteiger partial charge in [-0.3, -0.25) is 35.1 Å². The predicted molar refractivity (Wildman–Crippen MR) is 119 cm³/mol. The van der Waals surface area contributed by atoms with Gasteiger partial charge in [0, 0.05) is 29.3 Å². The van der Waals surface area contributed by atoms with Crippen LogP contribution in [0.15, 0.2) is 47.6 Å². The number of nitrogens with zero attached hydrogens (tertiary/aromatic N) is 5. The largest absolute Gasteiger partial charge is 0.296 e. The smallest absolute Gasteiger partial charge is 0.287 e. The minimum Gasteiger partial charge on any atom is -0.296 e. The van der Waals surface area contributed by atoms with Crippen LogP contribution in [0.3, 0.4) is 0 Å². The van der Waals surface area contributed by atoms with Gasteiger partial charge in [0.15, 0.2) is 0 Å². The van der Waals surface area contributed by atoms with Crippen molar-refractivity contribution in [3.8, 4) is 0 Å². The molecule has 2 N–H and O–H groups in total. The van der Waals surface area contributed by atoms with Crippen LogP contribution in [0.25, 0.3) is 0 Å². The Hall–Kier alpha value is -4.30. The van der Waals surface area contributed by atoms with E-state index in [2.05, 4.69) is 26.0 Å². The second-order valence-corrected chi connectivity index (χ2v) is 7.67. The molecular weight excluding hydrogens is 478 g/mol. The molecule has 0 atom stereocenters. The molecule has 13 nitrogen and oxygen atoms in total. The zero-order chi connectivity index (χ0) is 24.0. The number of halogens is 1. The number of hydrogen-bond donors (Lipinski definition) is 2. The highest BCUT2D eigenvalue weighted by Gasteiger charge is 2.17. The SMILES string of the molecule is O=C(Cc1nnc(NC(=O)c2ccc([N+](=O)[O-])c(Cl)c2)s1)N/N=C\c1cccc([N+](=O)[O-])c1.